The number of benzene rings is 1. The largest absolute Gasteiger partial charge is 0.322 e. The van der Waals surface area contributed by atoms with Crippen molar-refractivity contribution in [2.24, 2.45) is 11.7 Å². The molecule has 4 heteroatoms. The Hall–Kier alpha value is -1.68. The van der Waals surface area contributed by atoms with E-state index >= 15 is 0 Å². The number of rotatable bonds is 5. The summed E-state index contributed by atoms with van der Waals surface area (Å²) >= 11 is 0. The molecule has 4 nitrogen and oxygen atoms in total. The molecule has 0 aliphatic rings. The number of hydrogen-bond donors (Lipinski definition) is 1. The Bertz CT molecular complexity index is 478. The van der Waals surface area contributed by atoms with Gasteiger partial charge in [0.1, 0.15) is 0 Å². The lowest BCUT2D eigenvalue weighted by Gasteiger charge is -2.19. The van der Waals surface area contributed by atoms with Gasteiger partial charge >= 0.3 is 0 Å². The zero-order valence-corrected chi connectivity index (χ0v) is 11.0. The standard InChI is InChI=1S/C14H20N4/c1-3-7-11(2)14(15)13-10-16-17-18(13)12-8-5-4-6-9-12/h4-6,8-11,14H,3,7,15H2,1-2H3. The molecule has 2 N–H and O–H groups in total. The van der Waals surface area contributed by atoms with Gasteiger partial charge in [0.05, 0.1) is 23.6 Å². The highest BCUT2D eigenvalue weighted by Gasteiger charge is 2.19. The highest BCUT2D eigenvalue weighted by molar-refractivity contribution is 5.32. The number of hydrogen-bond acceptors (Lipinski definition) is 3. The second-order valence-electron chi connectivity index (χ2n) is 4.70. The van der Waals surface area contributed by atoms with Gasteiger partial charge in [-0.15, -0.1) is 5.10 Å². The topological polar surface area (TPSA) is 56.7 Å². The molecule has 0 saturated carbocycles. The number of nitrogens with two attached hydrogens (primary N) is 1. The van der Waals surface area contributed by atoms with Crippen LogP contribution in [0.4, 0.5) is 0 Å². The maximum Gasteiger partial charge on any atom is 0.0815 e. The van der Waals surface area contributed by atoms with Gasteiger partial charge in [0.2, 0.25) is 0 Å². The third-order valence-corrected chi connectivity index (χ3v) is 3.28. The molecule has 0 amide bonds. The van der Waals surface area contributed by atoms with Crippen LogP contribution in [0.25, 0.3) is 5.69 Å². The predicted octanol–water partition coefficient (Wildman–Crippen LogP) is 2.70. The van der Waals surface area contributed by atoms with Crippen molar-refractivity contribution in [3.05, 3.63) is 42.2 Å². The summed E-state index contributed by atoms with van der Waals surface area (Å²) in [6.45, 7) is 4.35. The lowest BCUT2D eigenvalue weighted by molar-refractivity contribution is 0.419. The fraction of sp³-hybridized carbons (Fsp3) is 0.429. The number of nitrogens with zero attached hydrogens (tertiary/aromatic N) is 3. The van der Waals surface area contributed by atoms with E-state index < -0.39 is 0 Å². The highest BCUT2D eigenvalue weighted by atomic mass is 15.4. The van der Waals surface area contributed by atoms with Gasteiger partial charge in [0, 0.05) is 0 Å². The Morgan fingerprint density at radius 3 is 2.67 bits per heavy atom. The van der Waals surface area contributed by atoms with Gasteiger partial charge in [-0.3, -0.25) is 0 Å². The van der Waals surface area contributed by atoms with Gasteiger partial charge in [0.15, 0.2) is 0 Å². The van der Waals surface area contributed by atoms with Gasteiger partial charge in [-0.05, 0) is 24.5 Å². The fourth-order valence-corrected chi connectivity index (χ4v) is 2.17. The molecule has 0 aliphatic carbocycles. The van der Waals surface area contributed by atoms with Crippen LogP contribution >= 0.6 is 0 Å². The number of aromatic nitrogens is 3. The van der Waals surface area contributed by atoms with E-state index in [0.717, 1.165) is 24.2 Å². The van der Waals surface area contributed by atoms with Crippen LogP contribution < -0.4 is 5.73 Å². The first-order valence-corrected chi connectivity index (χ1v) is 6.45. The van der Waals surface area contributed by atoms with E-state index in [1.165, 1.54) is 0 Å². The molecule has 1 aromatic carbocycles. The summed E-state index contributed by atoms with van der Waals surface area (Å²) in [5.41, 5.74) is 8.28. The first kappa shape index (κ1) is 12.8. The van der Waals surface area contributed by atoms with Crippen LogP contribution in [0.5, 0.6) is 0 Å². The first-order valence-electron chi connectivity index (χ1n) is 6.45. The molecule has 0 spiro atoms. The van der Waals surface area contributed by atoms with E-state index in [4.69, 9.17) is 5.73 Å². The molecule has 0 radical (unpaired) electrons. The van der Waals surface area contributed by atoms with Crippen molar-refractivity contribution in [2.75, 3.05) is 0 Å². The average molecular weight is 244 g/mol. The van der Waals surface area contributed by atoms with Crippen LogP contribution in [-0.4, -0.2) is 15.0 Å². The minimum Gasteiger partial charge on any atom is -0.322 e. The third kappa shape index (κ3) is 2.59. The van der Waals surface area contributed by atoms with Crippen molar-refractivity contribution in [1.29, 1.82) is 0 Å². The van der Waals surface area contributed by atoms with Crippen molar-refractivity contribution in [3.63, 3.8) is 0 Å². The normalized spacial score (nSPS) is 14.4. The van der Waals surface area contributed by atoms with Crippen LogP contribution in [0.2, 0.25) is 0 Å². The summed E-state index contributed by atoms with van der Waals surface area (Å²) in [7, 11) is 0. The summed E-state index contributed by atoms with van der Waals surface area (Å²) in [5.74, 6) is 0.427. The van der Waals surface area contributed by atoms with Crippen molar-refractivity contribution in [3.8, 4) is 5.69 Å². The Kier molecular flexibility index (Phi) is 4.10. The Labute approximate surface area is 108 Å². The molecule has 96 valence electrons. The van der Waals surface area contributed by atoms with Gasteiger partial charge in [-0.25, -0.2) is 4.68 Å². The monoisotopic (exact) mass is 244 g/mol. The maximum atomic E-state index is 6.31. The van der Waals surface area contributed by atoms with Crippen LogP contribution in [0, 0.1) is 5.92 Å². The minimum atomic E-state index is -0.0276. The molecule has 0 saturated heterocycles. The third-order valence-electron chi connectivity index (χ3n) is 3.28. The summed E-state index contributed by atoms with van der Waals surface area (Å²) < 4.78 is 1.83. The second-order valence-corrected chi connectivity index (χ2v) is 4.70. The molecule has 2 unspecified atom stereocenters. The molecule has 0 fully saturated rings. The Morgan fingerprint density at radius 1 is 1.28 bits per heavy atom. The van der Waals surface area contributed by atoms with Gasteiger partial charge in [-0.1, -0.05) is 43.7 Å². The van der Waals surface area contributed by atoms with E-state index in [0.29, 0.717) is 5.92 Å². The molecule has 18 heavy (non-hydrogen) atoms. The Morgan fingerprint density at radius 2 is 2.00 bits per heavy atom. The van der Waals surface area contributed by atoms with E-state index in [-0.39, 0.29) is 6.04 Å². The summed E-state index contributed by atoms with van der Waals surface area (Å²) in [5, 5.41) is 8.13. The van der Waals surface area contributed by atoms with E-state index in [1.54, 1.807) is 6.20 Å². The highest BCUT2D eigenvalue weighted by Crippen LogP contribution is 2.24. The van der Waals surface area contributed by atoms with Crippen molar-refractivity contribution in [1.82, 2.24) is 15.0 Å². The minimum absolute atomic E-state index is 0.0276. The van der Waals surface area contributed by atoms with Crippen LogP contribution in [-0.2, 0) is 0 Å². The molecule has 1 heterocycles. The van der Waals surface area contributed by atoms with E-state index in [1.807, 2.05) is 35.0 Å². The predicted molar refractivity (Wildman–Crippen MR) is 72.4 cm³/mol. The lowest BCUT2D eigenvalue weighted by Crippen LogP contribution is -2.22. The van der Waals surface area contributed by atoms with Gasteiger partial charge in [0.25, 0.3) is 0 Å². The van der Waals surface area contributed by atoms with Crippen molar-refractivity contribution >= 4 is 0 Å². The first-order chi connectivity index (χ1) is 8.74. The summed E-state index contributed by atoms with van der Waals surface area (Å²) in [6, 6.07) is 9.95. The lowest BCUT2D eigenvalue weighted by atomic mass is 9.95. The smallest absolute Gasteiger partial charge is 0.0815 e. The van der Waals surface area contributed by atoms with E-state index in [2.05, 4.69) is 24.2 Å². The maximum absolute atomic E-state index is 6.31. The molecule has 0 aliphatic heterocycles. The molecular formula is C14H20N4. The number of para-hydroxylation sites is 1. The quantitative estimate of drug-likeness (QED) is 0.879. The van der Waals surface area contributed by atoms with Crippen LogP contribution in [0.3, 0.4) is 0 Å². The molecule has 0 bridgehead atoms. The molecule has 2 atom stereocenters. The van der Waals surface area contributed by atoms with Gasteiger partial charge in [-0.2, -0.15) is 0 Å². The van der Waals surface area contributed by atoms with Crippen molar-refractivity contribution in [2.45, 2.75) is 32.7 Å². The van der Waals surface area contributed by atoms with Gasteiger partial charge < -0.3 is 5.73 Å². The SMILES string of the molecule is CCCC(C)C(N)c1cnnn1-c1ccccc1. The summed E-state index contributed by atoms with van der Waals surface area (Å²) in [4.78, 5) is 0. The molecule has 2 rings (SSSR count). The van der Waals surface area contributed by atoms with E-state index in [9.17, 15) is 0 Å². The van der Waals surface area contributed by atoms with Crippen LogP contribution in [0.15, 0.2) is 36.5 Å². The fourth-order valence-electron chi connectivity index (χ4n) is 2.17. The second kappa shape index (κ2) is 5.78. The molecule has 2 aromatic rings. The molecule has 1 aromatic heterocycles. The zero-order valence-electron chi connectivity index (χ0n) is 11.0. The molecular weight excluding hydrogens is 224 g/mol. The Balaban J connectivity index is 2.28. The van der Waals surface area contributed by atoms with Crippen molar-refractivity contribution < 1.29 is 0 Å². The van der Waals surface area contributed by atoms with Crippen LogP contribution in [0.1, 0.15) is 38.4 Å². The zero-order chi connectivity index (χ0) is 13.0. The average Bonchev–Trinajstić information content (AvgIpc) is 2.88. The summed E-state index contributed by atoms with van der Waals surface area (Å²) in [6.07, 6.45) is 4.02.